The molecular formula is C20H24. The highest BCUT2D eigenvalue weighted by molar-refractivity contribution is 5.59. The highest BCUT2D eigenvalue weighted by atomic mass is 14.4. The van der Waals surface area contributed by atoms with Crippen LogP contribution in [0, 0.1) is 13.8 Å². The second kappa shape index (κ2) is 3.97. The van der Waals surface area contributed by atoms with Crippen LogP contribution >= 0.6 is 0 Å². The molecule has 2 aromatic carbocycles. The van der Waals surface area contributed by atoms with E-state index in [0.29, 0.717) is 22.3 Å². The van der Waals surface area contributed by atoms with E-state index in [9.17, 15) is 0 Å². The Morgan fingerprint density at radius 1 is 0.700 bits per heavy atom. The molecule has 0 fully saturated rings. The Morgan fingerprint density at radius 3 is 1.50 bits per heavy atom. The van der Waals surface area contributed by atoms with E-state index in [2.05, 4.69) is 0 Å². The van der Waals surface area contributed by atoms with Gasteiger partial charge in [-0.2, -0.15) is 0 Å². The SMILES string of the molecule is [2H]C([2H])([2H])C1(C)c2ccc(C)cc2C(C)(C([2H])([2H])[2H])c2cc(C)ccc21. The third-order valence-electron chi connectivity index (χ3n) is 4.50. The van der Waals surface area contributed by atoms with Crippen LogP contribution in [0.1, 0.15) is 69.2 Å². The predicted molar refractivity (Wildman–Crippen MR) is 86.6 cm³/mol. The van der Waals surface area contributed by atoms with Gasteiger partial charge in [-0.25, -0.2) is 0 Å². The van der Waals surface area contributed by atoms with E-state index in [0.717, 1.165) is 11.1 Å². The molecule has 0 heterocycles. The Labute approximate surface area is 131 Å². The first-order valence-electron chi connectivity index (χ1n) is 9.98. The maximum atomic E-state index is 8.30. The van der Waals surface area contributed by atoms with Crippen molar-refractivity contribution in [1.29, 1.82) is 0 Å². The fourth-order valence-corrected chi connectivity index (χ4v) is 3.31. The van der Waals surface area contributed by atoms with Crippen LogP contribution in [0.2, 0.25) is 0 Å². The normalized spacial score (nSPS) is 33.6. The van der Waals surface area contributed by atoms with Crippen molar-refractivity contribution < 1.29 is 8.22 Å². The summed E-state index contributed by atoms with van der Waals surface area (Å²) in [5, 5.41) is 0. The molecule has 0 aromatic heterocycles. The van der Waals surface area contributed by atoms with Crippen LogP contribution in [0.25, 0.3) is 0 Å². The zero-order valence-corrected chi connectivity index (χ0v) is 12.5. The van der Waals surface area contributed by atoms with E-state index in [1.165, 1.54) is 0 Å². The van der Waals surface area contributed by atoms with Crippen LogP contribution in [0.15, 0.2) is 36.4 Å². The van der Waals surface area contributed by atoms with Crippen molar-refractivity contribution in [2.24, 2.45) is 0 Å². The lowest BCUT2D eigenvalue weighted by Crippen LogP contribution is -2.36. The smallest absolute Gasteiger partial charge is 0.0243 e. The monoisotopic (exact) mass is 270 g/mol. The van der Waals surface area contributed by atoms with Crippen molar-refractivity contribution in [1.82, 2.24) is 0 Å². The Balaban J connectivity index is 2.55. The van der Waals surface area contributed by atoms with Gasteiger partial charge in [-0.1, -0.05) is 75.1 Å². The second-order valence-corrected chi connectivity index (χ2v) is 6.35. The van der Waals surface area contributed by atoms with Crippen LogP contribution in [-0.4, -0.2) is 0 Å². The zero-order valence-electron chi connectivity index (χ0n) is 18.5. The van der Waals surface area contributed by atoms with E-state index in [1.807, 2.05) is 38.1 Å². The summed E-state index contributed by atoms with van der Waals surface area (Å²) >= 11 is 0. The van der Waals surface area contributed by atoms with Crippen molar-refractivity contribution in [3.8, 4) is 0 Å². The molecular weight excluding hydrogens is 240 g/mol. The molecule has 0 saturated carbocycles. The molecule has 0 saturated heterocycles. The van der Waals surface area contributed by atoms with Gasteiger partial charge in [-0.05, 0) is 36.1 Å². The standard InChI is InChI=1S/C20H24/c1-13-7-9-15-17(11-13)20(5,6)18-12-14(2)8-10-16(18)19(15,3)4/h7-12H,1-6H3/i3D3,5D3. The third kappa shape index (κ3) is 1.67. The van der Waals surface area contributed by atoms with Crippen LogP contribution in [-0.2, 0) is 10.8 Å². The van der Waals surface area contributed by atoms with Crippen LogP contribution in [0.3, 0.4) is 0 Å². The minimum Gasteiger partial charge on any atom is -0.0590 e. The minimum absolute atomic E-state index is 0.582. The molecule has 0 N–H and O–H groups in total. The van der Waals surface area contributed by atoms with Gasteiger partial charge in [0.2, 0.25) is 0 Å². The number of aryl methyl sites for hydroxylation is 2. The summed E-state index contributed by atoms with van der Waals surface area (Å²) in [6.07, 6.45) is 0. The van der Waals surface area contributed by atoms with Gasteiger partial charge < -0.3 is 0 Å². The molecule has 20 heavy (non-hydrogen) atoms. The van der Waals surface area contributed by atoms with Crippen molar-refractivity contribution in [2.45, 2.75) is 52.2 Å². The average Bonchev–Trinajstić information content (AvgIpc) is 2.50. The van der Waals surface area contributed by atoms with Crippen molar-refractivity contribution in [3.05, 3.63) is 69.8 Å². The number of fused-ring (bicyclic) bond motifs is 2. The van der Waals surface area contributed by atoms with Gasteiger partial charge >= 0.3 is 0 Å². The van der Waals surface area contributed by atoms with Crippen LogP contribution in [0.5, 0.6) is 0 Å². The summed E-state index contributed by atoms with van der Waals surface area (Å²) in [4.78, 5) is 0. The van der Waals surface area contributed by atoms with E-state index in [4.69, 9.17) is 8.22 Å². The maximum absolute atomic E-state index is 8.30. The molecule has 2 aromatic rings. The highest BCUT2D eigenvalue weighted by Crippen LogP contribution is 2.49. The first-order valence-corrected chi connectivity index (χ1v) is 6.98. The summed E-state index contributed by atoms with van der Waals surface area (Å²) in [5.74, 6) is 0. The fraction of sp³-hybridized carbons (Fsp3) is 0.400. The van der Waals surface area contributed by atoms with Gasteiger partial charge in [0.1, 0.15) is 0 Å². The Bertz CT molecular complexity index is 819. The number of hydrogen-bond donors (Lipinski definition) is 0. The highest BCUT2D eigenvalue weighted by Gasteiger charge is 2.41. The molecule has 0 radical (unpaired) electrons. The molecule has 1 aliphatic rings. The third-order valence-corrected chi connectivity index (χ3v) is 4.50. The van der Waals surface area contributed by atoms with Gasteiger partial charge in [0.05, 0.1) is 0 Å². The average molecular weight is 270 g/mol. The predicted octanol–water partition coefficient (Wildman–Crippen LogP) is 5.27. The van der Waals surface area contributed by atoms with E-state index < -0.39 is 24.5 Å². The van der Waals surface area contributed by atoms with E-state index in [1.54, 1.807) is 26.0 Å². The van der Waals surface area contributed by atoms with Crippen LogP contribution in [0.4, 0.5) is 0 Å². The molecule has 0 nitrogen and oxygen atoms in total. The first kappa shape index (κ1) is 8.02. The Morgan fingerprint density at radius 2 is 1.10 bits per heavy atom. The zero-order chi connectivity index (χ0) is 19.7. The molecule has 0 spiro atoms. The van der Waals surface area contributed by atoms with Gasteiger partial charge in [-0.15, -0.1) is 0 Å². The molecule has 0 atom stereocenters. The maximum Gasteiger partial charge on any atom is 0.0243 e. The molecule has 1 aliphatic carbocycles. The fourth-order valence-electron chi connectivity index (χ4n) is 3.31. The van der Waals surface area contributed by atoms with Gasteiger partial charge in [-0.3, -0.25) is 0 Å². The number of benzene rings is 2. The summed E-state index contributed by atoms with van der Waals surface area (Å²) in [6, 6.07) is 11.0. The molecule has 0 amide bonds. The summed E-state index contributed by atoms with van der Waals surface area (Å²) in [6.45, 7) is 2.61. The van der Waals surface area contributed by atoms with Gasteiger partial charge in [0.25, 0.3) is 0 Å². The first-order chi connectivity index (χ1) is 11.7. The minimum atomic E-state index is -2.31. The topological polar surface area (TPSA) is 0 Å². The van der Waals surface area contributed by atoms with Crippen molar-refractivity contribution in [3.63, 3.8) is 0 Å². The summed E-state index contributed by atoms with van der Waals surface area (Å²) < 4.78 is 49.7. The van der Waals surface area contributed by atoms with Gasteiger partial charge in [0.15, 0.2) is 0 Å². The van der Waals surface area contributed by atoms with Crippen LogP contribution < -0.4 is 0 Å². The Hall–Kier alpha value is -1.56. The molecule has 0 unspecified atom stereocenters. The lowest BCUT2D eigenvalue weighted by Gasteiger charge is -2.44. The van der Waals surface area contributed by atoms with E-state index >= 15 is 0 Å². The molecule has 3 rings (SSSR count). The van der Waals surface area contributed by atoms with Gasteiger partial charge in [0, 0.05) is 19.1 Å². The quantitative estimate of drug-likeness (QED) is 0.612. The van der Waals surface area contributed by atoms with E-state index in [-0.39, 0.29) is 0 Å². The number of hydrogen-bond acceptors (Lipinski definition) is 0. The molecule has 0 aliphatic heterocycles. The summed E-state index contributed by atoms with van der Waals surface area (Å²) in [5.41, 5.74) is 1.66. The van der Waals surface area contributed by atoms with Crippen molar-refractivity contribution >= 4 is 0 Å². The second-order valence-electron chi connectivity index (χ2n) is 6.35. The number of rotatable bonds is 0. The summed E-state index contributed by atoms with van der Waals surface area (Å²) in [7, 11) is 0. The molecule has 0 bridgehead atoms. The Kier molecular flexibility index (Phi) is 1.59. The largest absolute Gasteiger partial charge is 0.0590 e. The lowest BCUT2D eigenvalue weighted by molar-refractivity contribution is 0.519. The van der Waals surface area contributed by atoms with Crippen molar-refractivity contribution in [2.75, 3.05) is 0 Å². The molecule has 0 heteroatoms. The molecule has 104 valence electrons. The lowest BCUT2D eigenvalue weighted by atomic mass is 9.59.